The molecule has 2 rings (SSSR count). The number of aromatic nitrogens is 1. The Hall–Kier alpha value is -1.82. The van der Waals surface area contributed by atoms with E-state index in [1.807, 2.05) is 19.1 Å². The predicted octanol–water partition coefficient (Wildman–Crippen LogP) is 1.63. The van der Waals surface area contributed by atoms with Gasteiger partial charge in [-0.05, 0) is 38.9 Å². The number of likely N-dealkylation sites (tertiary alicyclic amines) is 1. The zero-order chi connectivity index (χ0) is 16.5. The van der Waals surface area contributed by atoms with Gasteiger partial charge in [0.25, 0.3) is 0 Å². The van der Waals surface area contributed by atoms with Crippen molar-refractivity contribution in [3.8, 4) is 5.88 Å². The highest BCUT2D eigenvalue weighted by Gasteiger charge is 2.22. The first kappa shape index (κ1) is 17.5. The predicted molar refractivity (Wildman–Crippen MR) is 93.9 cm³/mol. The third-order valence-corrected chi connectivity index (χ3v) is 4.21. The van der Waals surface area contributed by atoms with Crippen LogP contribution >= 0.6 is 0 Å². The molecule has 1 atom stereocenters. The summed E-state index contributed by atoms with van der Waals surface area (Å²) in [6, 6.07) is 4.55. The van der Waals surface area contributed by atoms with Crippen molar-refractivity contribution in [2.75, 3.05) is 33.3 Å². The number of hydrogen-bond donors (Lipinski definition) is 2. The standard InChI is InChI=1S/C17H29N5O/c1-4-22-11-7-9-15(22)13-21-17(18-3)20-12-14-8-6-10-19-16(14)23-5-2/h6,8,10,15H,4-5,7,9,11-13H2,1-3H3,(H2,18,20,21). The molecule has 0 aliphatic carbocycles. The monoisotopic (exact) mass is 319 g/mol. The topological polar surface area (TPSA) is 61.8 Å². The van der Waals surface area contributed by atoms with Crippen molar-refractivity contribution < 1.29 is 4.74 Å². The Labute approximate surface area is 139 Å². The lowest BCUT2D eigenvalue weighted by atomic mass is 10.2. The second kappa shape index (κ2) is 9.35. The fourth-order valence-corrected chi connectivity index (χ4v) is 2.98. The summed E-state index contributed by atoms with van der Waals surface area (Å²) >= 11 is 0. The first-order chi connectivity index (χ1) is 11.3. The number of nitrogens with zero attached hydrogens (tertiary/aromatic N) is 3. The second-order valence-corrected chi connectivity index (χ2v) is 5.63. The Balaban J connectivity index is 1.83. The summed E-state index contributed by atoms with van der Waals surface area (Å²) in [5.41, 5.74) is 1.04. The number of likely N-dealkylation sites (N-methyl/N-ethyl adjacent to an activating group) is 1. The van der Waals surface area contributed by atoms with Crippen LogP contribution in [0.3, 0.4) is 0 Å². The number of guanidine groups is 1. The fraction of sp³-hybridized carbons (Fsp3) is 0.647. The summed E-state index contributed by atoms with van der Waals surface area (Å²) in [5.74, 6) is 1.50. The van der Waals surface area contributed by atoms with E-state index >= 15 is 0 Å². The zero-order valence-corrected chi connectivity index (χ0v) is 14.5. The van der Waals surface area contributed by atoms with Crippen LogP contribution in [-0.4, -0.2) is 55.2 Å². The van der Waals surface area contributed by atoms with Gasteiger partial charge in [0.15, 0.2) is 5.96 Å². The van der Waals surface area contributed by atoms with Gasteiger partial charge in [0, 0.05) is 37.9 Å². The largest absolute Gasteiger partial charge is 0.478 e. The van der Waals surface area contributed by atoms with Gasteiger partial charge in [0.05, 0.1) is 6.61 Å². The molecule has 1 saturated heterocycles. The highest BCUT2D eigenvalue weighted by atomic mass is 16.5. The van der Waals surface area contributed by atoms with E-state index in [4.69, 9.17) is 4.74 Å². The summed E-state index contributed by atoms with van der Waals surface area (Å²) in [6.07, 6.45) is 4.30. The van der Waals surface area contributed by atoms with E-state index in [1.54, 1.807) is 13.2 Å². The molecule has 1 aliphatic heterocycles. The lowest BCUT2D eigenvalue weighted by Crippen LogP contribution is -2.44. The highest BCUT2D eigenvalue weighted by molar-refractivity contribution is 5.79. The van der Waals surface area contributed by atoms with Gasteiger partial charge in [-0.15, -0.1) is 0 Å². The second-order valence-electron chi connectivity index (χ2n) is 5.63. The molecule has 6 heteroatoms. The molecule has 23 heavy (non-hydrogen) atoms. The Morgan fingerprint density at radius 2 is 2.30 bits per heavy atom. The van der Waals surface area contributed by atoms with Crippen LogP contribution in [0.15, 0.2) is 23.3 Å². The van der Waals surface area contributed by atoms with Gasteiger partial charge < -0.3 is 15.4 Å². The lowest BCUT2D eigenvalue weighted by molar-refractivity contribution is 0.267. The van der Waals surface area contributed by atoms with Crippen LogP contribution in [0, 0.1) is 0 Å². The van der Waals surface area contributed by atoms with E-state index in [2.05, 4.69) is 32.4 Å². The van der Waals surface area contributed by atoms with Crippen LogP contribution in [-0.2, 0) is 6.54 Å². The minimum Gasteiger partial charge on any atom is -0.478 e. The van der Waals surface area contributed by atoms with E-state index in [9.17, 15) is 0 Å². The summed E-state index contributed by atoms with van der Waals surface area (Å²) in [5, 5.41) is 6.78. The molecular formula is C17H29N5O. The summed E-state index contributed by atoms with van der Waals surface area (Å²) < 4.78 is 5.55. The molecule has 0 amide bonds. The first-order valence-electron chi connectivity index (χ1n) is 8.53. The Morgan fingerprint density at radius 3 is 3.04 bits per heavy atom. The molecule has 128 valence electrons. The molecule has 1 aromatic rings. The van der Waals surface area contributed by atoms with Crippen LogP contribution in [0.4, 0.5) is 0 Å². The molecule has 2 heterocycles. The number of aliphatic imine (C=N–C) groups is 1. The smallest absolute Gasteiger partial charge is 0.218 e. The maximum Gasteiger partial charge on any atom is 0.218 e. The van der Waals surface area contributed by atoms with Gasteiger partial charge in [-0.1, -0.05) is 13.0 Å². The average molecular weight is 319 g/mol. The fourth-order valence-electron chi connectivity index (χ4n) is 2.98. The number of hydrogen-bond acceptors (Lipinski definition) is 4. The number of nitrogens with one attached hydrogen (secondary N) is 2. The quantitative estimate of drug-likeness (QED) is 0.591. The summed E-state index contributed by atoms with van der Waals surface area (Å²) in [6.45, 7) is 8.71. The van der Waals surface area contributed by atoms with Gasteiger partial charge in [0.1, 0.15) is 0 Å². The van der Waals surface area contributed by atoms with Crippen LogP contribution in [0.2, 0.25) is 0 Å². The van der Waals surface area contributed by atoms with E-state index in [0.29, 0.717) is 25.1 Å². The Bertz CT molecular complexity index is 506. The molecule has 0 aromatic carbocycles. The Kier molecular flexibility index (Phi) is 7.13. The molecule has 1 fully saturated rings. The van der Waals surface area contributed by atoms with Crippen LogP contribution in [0.25, 0.3) is 0 Å². The van der Waals surface area contributed by atoms with E-state index < -0.39 is 0 Å². The van der Waals surface area contributed by atoms with Gasteiger partial charge in [0.2, 0.25) is 5.88 Å². The summed E-state index contributed by atoms with van der Waals surface area (Å²) in [4.78, 5) is 11.1. The van der Waals surface area contributed by atoms with Crippen LogP contribution in [0.5, 0.6) is 5.88 Å². The maximum absolute atomic E-state index is 5.55. The molecule has 6 nitrogen and oxygen atoms in total. The van der Waals surface area contributed by atoms with Crippen molar-refractivity contribution in [2.24, 2.45) is 4.99 Å². The number of rotatable bonds is 7. The zero-order valence-electron chi connectivity index (χ0n) is 14.5. The molecule has 0 bridgehead atoms. The van der Waals surface area contributed by atoms with Crippen LogP contribution in [0.1, 0.15) is 32.3 Å². The van der Waals surface area contributed by atoms with E-state index in [-0.39, 0.29) is 0 Å². The third kappa shape index (κ3) is 5.10. The molecule has 0 saturated carbocycles. The average Bonchev–Trinajstić information content (AvgIpc) is 3.04. The van der Waals surface area contributed by atoms with Gasteiger partial charge >= 0.3 is 0 Å². The lowest BCUT2D eigenvalue weighted by Gasteiger charge is -2.24. The van der Waals surface area contributed by atoms with Crippen molar-refractivity contribution in [2.45, 2.75) is 39.3 Å². The normalized spacial score (nSPS) is 18.9. The molecule has 1 aliphatic rings. The van der Waals surface area contributed by atoms with Crippen molar-refractivity contribution >= 4 is 5.96 Å². The molecule has 1 unspecified atom stereocenters. The minimum atomic E-state index is 0.607. The highest BCUT2D eigenvalue weighted by Crippen LogP contribution is 2.16. The van der Waals surface area contributed by atoms with Gasteiger partial charge in [-0.25, -0.2) is 4.98 Å². The molecular weight excluding hydrogens is 290 g/mol. The Morgan fingerprint density at radius 1 is 1.43 bits per heavy atom. The molecule has 0 radical (unpaired) electrons. The van der Waals surface area contributed by atoms with Gasteiger partial charge in [-0.3, -0.25) is 9.89 Å². The summed E-state index contributed by atoms with van der Waals surface area (Å²) in [7, 11) is 1.80. The molecule has 1 aromatic heterocycles. The minimum absolute atomic E-state index is 0.607. The SMILES string of the molecule is CCOc1ncccc1CNC(=NC)NCC1CCCN1CC. The number of ether oxygens (including phenoxy) is 1. The van der Waals surface area contributed by atoms with Crippen LogP contribution < -0.4 is 15.4 Å². The first-order valence-corrected chi connectivity index (χ1v) is 8.53. The van der Waals surface area contributed by atoms with E-state index in [0.717, 1.165) is 24.6 Å². The van der Waals surface area contributed by atoms with Crippen molar-refractivity contribution in [1.29, 1.82) is 0 Å². The van der Waals surface area contributed by atoms with Crippen molar-refractivity contribution in [3.63, 3.8) is 0 Å². The van der Waals surface area contributed by atoms with E-state index in [1.165, 1.54) is 19.4 Å². The number of pyridine rings is 1. The van der Waals surface area contributed by atoms with Crippen molar-refractivity contribution in [3.05, 3.63) is 23.9 Å². The molecule has 2 N–H and O–H groups in total. The maximum atomic E-state index is 5.55. The van der Waals surface area contributed by atoms with Crippen molar-refractivity contribution in [1.82, 2.24) is 20.5 Å². The van der Waals surface area contributed by atoms with Gasteiger partial charge in [-0.2, -0.15) is 0 Å². The molecule has 0 spiro atoms. The third-order valence-electron chi connectivity index (χ3n) is 4.21.